The van der Waals surface area contributed by atoms with E-state index in [2.05, 4.69) is 4.98 Å². The first-order chi connectivity index (χ1) is 10.1. The summed E-state index contributed by atoms with van der Waals surface area (Å²) in [6, 6.07) is 4.59. The molecule has 0 atom stereocenters. The number of aromatic nitrogens is 2. The van der Waals surface area contributed by atoms with Gasteiger partial charge < -0.3 is 9.47 Å². The number of hydrogen-bond donors (Lipinski definition) is 0. The molecule has 1 fully saturated rings. The van der Waals surface area contributed by atoms with Crippen molar-refractivity contribution in [2.24, 2.45) is 7.05 Å². The largest absolute Gasteiger partial charge is 0.337 e. The van der Waals surface area contributed by atoms with E-state index in [0.29, 0.717) is 17.7 Å². The van der Waals surface area contributed by atoms with Crippen molar-refractivity contribution in [3.05, 3.63) is 53.4 Å². The van der Waals surface area contributed by atoms with Gasteiger partial charge in [-0.1, -0.05) is 0 Å². The van der Waals surface area contributed by atoms with Crippen molar-refractivity contribution >= 4 is 5.91 Å². The molecule has 2 aromatic rings. The topological polar surface area (TPSA) is 38.1 Å². The Morgan fingerprint density at radius 1 is 1.48 bits per heavy atom. The Balaban J connectivity index is 1.87. The zero-order valence-electron chi connectivity index (χ0n) is 12.2. The molecule has 1 amide bonds. The van der Waals surface area contributed by atoms with E-state index in [1.54, 1.807) is 19.2 Å². The third kappa shape index (κ3) is 2.82. The predicted octanol–water partition coefficient (Wildman–Crippen LogP) is 2.67. The van der Waals surface area contributed by atoms with Crippen molar-refractivity contribution in [2.45, 2.75) is 32.4 Å². The van der Waals surface area contributed by atoms with Crippen molar-refractivity contribution in [1.82, 2.24) is 14.5 Å². The van der Waals surface area contributed by atoms with Gasteiger partial charge in [0.25, 0.3) is 5.91 Å². The Bertz CT molecular complexity index is 676. The van der Waals surface area contributed by atoms with E-state index < -0.39 is 0 Å². The minimum absolute atomic E-state index is 0.0435. The molecule has 3 rings (SSSR count). The number of amides is 1. The zero-order valence-corrected chi connectivity index (χ0v) is 12.2. The van der Waals surface area contributed by atoms with Crippen LogP contribution in [-0.2, 0) is 13.6 Å². The van der Waals surface area contributed by atoms with Gasteiger partial charge in [0.1, 0.15) is 11.6 Å². The number of carbonyl (C=O) groups is 1. The van der Waals surface area contributed by atoms with Gasteiger partial charge in [-0.15, -0.1) is 0 Å². The standard InChI is InChI=1S/C16H18FN3O/c1-11-9-12(17)3-6-14(11)16(21)20(13-4-5-13)10-15-18-7-8-19(15)2/h3,6-9,13H,4-5,10H2,1-2H3. The van der Waals surface area contributed by atoms with Crippen LogP contribution in [0.5, 0.6) is 0 Å². The summed E-state index contributed by atoms with van der Waals surface area (Å²) >= 11 is 0. The van der Waals surface area contributed by atoms with Crippen LogP contribution < -0.4 is 0 Å². The van der Waals surface area contributed by atoms with Crippen molar-refractivity contribution < 1.29 is 9.18 Å². The van der Waals surface area contributed by atoms with Crippen LogP contribution in [-0.4, -0.2) is 26.4 Å². The van der Waals surface area contributed by atoms with Gasteiger partial charge in [0, 0.05) is 31.0 Å². The fraction of sp³-hybridized carbons (Fsp3) is 0.375. The Morgan fingerprint density at radius 2 is 2.24 bits per heavy atom. The van der Waals surface area contributed by atoms with Gasteiger partial charge in [0.05, 0.1) is 6.54 Å². The lowest BCUT2D eigenvalue weighted by molar-refractivity contribution is 0.0723. The minimum Gasteiger partial charge on any atom is -0.337 e. The lowest BCUT2D eigenvalue weighted by atomic mass is 10.1. The number of aryl methyl sites for hydroxylation is 2. The van der Waals surface area contributed by atoms with Crippen LogP contribution in [0, 0.1) is 12.7 Å². The molecule has 0 unspecified atom stereocenters. The number of imidazole rings is 1. The highest BCUT2D eigenvalue weighted by atomic mass is 19.1. The summed E-state index contributed by atoms with van der Waals surface area (Å²) in [5, 5.41) is 0. The fourth-order valence-electron chi connectivity index (χ4n) is 2.48. The molecule has 21 heavy (non-hydrogen) atoms. The third-order valence-corrected chi connectivity index (χ3v) is 3.90. The number of rotatable bonds is 4. The van der Waals surface area contributed by atoms with Gasteiger partial charge in [-0.25, -0.2) is 9.37 Å². The molecular weight excluding hydrogens is 269 g/mol. The first kappa shape index (κ1) is 13.8. The van der Waals surface area contributed by atoms with Crippen molar-refractivity contribution in [1.29, 1.82) is 0 Å². The summed E-state index contributed by atoms with van der Waals surface area (Å²) in [6.45, 7) is 2.26. The van der Waals surface area contributed by atoms with Crippen LogP contribution in [0.15, 0.2) is 30.6 Å². The van der Waals surface area contributed by atoms with E-state index in [9.17, 15) is 9.18 Å². The Morgan fingerprint density at radius 3 is 2.81 bits per heavy atom. The molecule has 0 bridgehead atoms. The molecule has 1 saturated carbocycles. The van der Waals surface area contributed by atoms with Gasteiger partial charge in [0.15, 0.2) is 0 Å². The van der Waals surface area contributed by atoms with Crippen LogP contribution in [0.1, 0.15) is 34.6 Å². The molecule has 1 heterocycles. The normalized spacial score (nSPS) is 14.2. The molecule has 4 nitrogen and oxygen atoms in total. The monoisotopic (exact) mass is 287 g/mol. The molecular formula is C16H18FN3O. The second-order valence-corrected chi connectivity index (χ2v) is 5.58. The maximum absolute atomic E-state index is 13.2. The van der Waals surface area contributed by atoms with Gasteiger partial charge >= 0.3 is 0 Å². The van der Waals surface area contributed by atoms with Gasteiger partial charge in [0.2, 0.25) is 0 Å². The average molecular weight is 287 g/mol. The van der Waals surface area contributed by atoms with Gasteiger partial charge in [-0.2, -0.15) is 0 Å². The number of hydrogen-bond acceptors (Lipinski definition) is 2. The lowest BCUT2D eigenvalue weighted by Gasteiger charge is -2.23. The minimum atomic E-state index is -0.314. The molecule has 110 valence electrons. The smallest absolute Gasteiger partial charge is 0.254 e. The Labute approximate surface area is 123 Å². The Hall–Kier alpha value is -2.17. The quantitative estimate of drug-likeness (QED) is 0.867. The number of benzene rings is 1. The molecule has 1 aliphatic carbocycles. The van der Waals surface area contributed by atoms with Crippen LogP contribution in [0.3, 0.4) is 0 Å². The van der Waals surface area contributed by atoms with E-state index in [1.807, 2.05) is 22.7 Å². The second-order valence-electron chi connectivity index (χ2n) is 5.58. The van der Waals surface area contributed by atoms with Crippen molar-refractivity contribution in [3.8, 4) is 0 Å². The lowest BCUT2D eigenvalue weighted by Crippen LogP contribution is -2.34. The summed E-state index contributed by atoms with van der Waals surface area (Å²) in [7, 11) is 1.92. The average Bonchev–Trinajstić information content (AvgIpc) is 3.19. The van der Waals surface area contributed by atoms with Crippen LogP contribution in [0.2, 0.25) is 0 Å². The van der Waals surface area contributed by atoms with E-state index in [0.717, 1.165) is 18.7 Å². The molecule has 0 aliphatic heterocycles. The molecule has 0 spiro atoms. The number of carbonyl (C=O) groups excluding carboxylic acids is 1. The van der Waals surface area contributed by atoms with Crippen molar-refractivity contribution in [2.75, 3.05) is 0 Å². The van der Waals surface area contributed by atoms with E-state index >= 15 is 0 Å². The van der Waals surface area contributed by atoms with Crippen LogP contribution in [0.4, 0.5) is 4.39 Å². The van der Waals surface area contributed by atoms with Crippen LogP contribution >= 0.6 is 0 Å². The summed E-state index contributed by atoms with van der Waals surface area (Å²) < 4.78 is 15.1. The summed E-state index contributed by atoms with van der Waals surface area (Å²) in [5.74, 6) is 0.499. The number of nitrogens with zero attached hydrogens (tertiary/aromatic N) is 3. The fourth-order valence-corrected chi connectivity index (χ4v) is 2.48. The third-order valence-electron chi connectivity index (χ3n) is 3.90. The summed E-state index contributed by atoms with van der Waals surface area (Å²) in [6.07, 6.45) is 5.65. The van der Waals surface area contributed by atoms with Gasteiger partial charge in [-0.05, 0) is 43.5 Å². The highest BCUT2D eigenvalue weighted by Gasteiger charge is 2.34. The van der Waals surface area contributed by atoms with Crippen molar-refractivity contribution in [3.63, 3.8) is 0 Å². The number of halogens is 1. The maximum atomic E-state index is 13.2. The SMILES string of the molecule is Cc1cc(F)ccc1C(=O)N(Cc1nccn1C)C1CC1. The predicted molar refractivity (Wildman–Crippen MR) is 77.2 cm³/mol. The zero-order chi connectivity index (χ0) is 15.0. The second kappa shape index (κ2) is 5.31. The van der Waals surface area contributed by atoms with E-state index in [4.69, 9.17) is 0 Å². The molecule has 1 aromatic heterocycles. The summed E-state index contributed by atoms with van der Waals surface area (Å²) in [5.41, 5.74) is 1.24. The van der Waals surface area contributed by atoms with E-state index in [1.165, 1.54) is 12.1 Å². The molecule has 1 aliphatic rings. The first-order valence-electron chi connectivity index (χ1n) is 7.09. The maximum Gasteiger partial charge on any atom is 0.254 e. The highest BCUT2D eigenvalue weighted by molar-refractivity contribution is 5.96. The highest BCUT2D eigenvalue weighted by Crippen LogP contribution is 2.30. The summed E-state index contributed by atoms with van der Waals surface area (Å²) in [4.78, 5) is 18.9. The molecule has 0 N–H and O–H groups in total. The molecule has 5 heteroatoms. The van der Waals surface area contributed by atoms with Crippen LogP contribution in [0.25, 0.3) is 0 Å². The molecule has 1 aromatic carbocycles. The molecule has 0 saturated heterocycles. The van der Waals surface area contributed by atoms with Gasteiger partial charge in [-0.3, -0.25) is 4.79 Å². The van der Waals surface area contributed by atoms with E-state index in [-0.39, 0.29) is 17.8 Å². The molecule has 0 radical (unpaired) electrons. The first-order valence-corrected chi connectivity index (χ1v) is 7.09. The Kier molecular flexibility index (Phi) is 3.49.